The van der Waals surface area contributed by atoms with Gasteiger partial charge in [0.2, 0.25) is 0 Å². The highest BCUT2D eigenvalue weighted by Gasteiger charge is 2.02. The predicted octanol–water partition coefficient (Wildman–Crippen LogP) is 2.38. The lowest BCUT2D eigenvalue weighted by molar-refractivity contribution is 0.339. The molecule has 1 heterocycles. The average Bonchev–Trinajstić information content (AvgIpc) is 2.29. The molecular formula is C13H12FNO2. The van der Waals surface area contributed by atoms with Gasteiger partial charge in [0.15, 0.2) is 0 Å². The number of halogens is 1. The fourth-order valence-electron chi connectivity index (χ4n) is 1.56. The highest BCUT2D eigenvalue weighted by Crippen LogP contribution is 2.10. The molecule has 0 aliphatic rings. The number of hydrogen-bond acceptors (Lipinski definition) is 2. The van der Waals surface area contributed by atoms with Crippen LogP contribution in [0.1, 0.15) is 6.92 Å². The van der Waals surface area contributed by atoms with Crippen molar-refractivity contribution in [3.05, 3.63) is 58.8 Å². The number of hydrogen-bond donors (Lipinski definition) is 0. The largest absolute Gasteiger partial charge is 0.494 e. The van der Waals surface area contributed by atoms with E-state index in [1.165, 1.54) is 22.8 Å². The molecule has 17 heavy (non-hydrogen) atoms. The van der Waals surface area contributed by atoms with Gasteiger partial charge in [0.05, 0.1) is 12.3 Å². The molecule has 0 atom stereocenters. The first-order valence-electron chi connectivity index (χ1n) is 5.32. The van der Waals surface area contributed by atoms with Crippen LogP contribution >= 0.6 is 0 Å². The molecule has 0 aliphatic heterocycles. The zero-order chi connectivity index (χ0) is 12.3. The van der Waals surface area contributed by atoms with Crippen molar-refractivity contribution in [1.82, 2.24) is 4.57 Å². The minimum atomic E-state index is -0.372. The Labute approximate surface area is 98.1 Å². The Morgan fingerprint density at radius 2 is 2.12 bits per heavy atom. The fraction of sp³-hybridized carbons (Fsp3) is 0.154. The summed E-state index contributed by atoms with van der Waals surface area (Å²) in [6.07, 6.45) is 1.57. The van der Waals surface area contributed by atoms with Crippen molar-refractivity contribution >= 4 is 0 Å². The molecule has 1 aromatic carbocycles. The maximum atomic E-state index is 13.0. The quantitative estimate of drug-likeness (QED) is 0.815. The summed E-state index contributed by atoms with van der Waals surface area (Å²) in [5.74, 6) is 0.147. The summed E-state index contributed by atoms with van der Waals surface area (Å²) in [6.45, 7) is 2.35. The standard InChI is InChI=1S/C13H12FNO2/c1-2-17-12-6-7-15(13(16)9-12)11-5-3-4-10(14)8-11/h3-9H,2H2,1H3. The molecule has 0 aliphatic carbocycles. The third-order valence-electron chi connectivity index (χ3n) is 2.29. The maximum Gasteiger partial charge on any atom is 0.258 e. The topological polar surface area (TPSA) is 31.2 Å². The minimum Gasteiger partial charge on any atom is -0.494 e. The van der Waals surface area contributed by atoms with Gasteiger partial charge in [0.1, 0.15) is 11.6 Å². The van der Waals surface area contributed by atoms with Crippen molar-refractivity contribution in [2.45, 2.75) is 6.92 Å². The smallest absolute Gasteiger partial charge is 0.258 e. The SMILES string of the molecule is CCOc1ccn(-c2cccc(F)c2)c(=O)c1. The van der Waals surface area contributed by atoms with Crippen LogP contribution in [-0.4, -0.2) is 11.2 Å². The molecule has 0 bridgehead atoms. The van der Waals surface area contributed by atoms with Crippen LogP contribution in [0, 0.1) is 5.82 Å². The molecule has 4 heteroatoms. The number of ether oxygens (including phenoxy) is 1. The molecule has 1 aromatic heterocycles. The normalized spacial score (nSPS) is 10.2. The van der Waals surface area contributed by atoms with Gasteiger partial charge >= 0.3 is 0 Å². The van der Waals surface area contributed by atoms with E-state index in [-0.39, 0.29) is 11.4 Å². The minimum absolute atomic E-state index is 0.249. The number of benzene rings is 1. The van der Waals surface area contributed by atoms with E-state index in [2.05, 4.69) is 0 Å². The molecule has 0 spiro atoms. The van der Waals surface area contributed by atoms with Gasteiger partial charge in [0, 0.05) is 12.3 Å². The summed E-state index contributed by atoms with van der Waals surface area (Å²) < 4.78 is 19.6. The second-order valence-electron chi connectivity index (χ2n) is 3.48. The Morgan fingerprint density at radius 1 is 1.29 bits per heavy atom. The fourth-order valence-corrected chi connectivity index (χ4v) is 1.56. The van der Waals surface area contributed by atoms with Crippen LogP contribution in [0.2, 0.25) is 0 Å². The van der Waals surface area contributed by atoms with Gasteiger partial charge in [-0.2, -0.15) is 0 Å². The van der Waals surface area contributed by atoms with Crippen molar-refractivity contribution in [3.8, 4) is 11.4 Å². The highest BCUT2D eigenvalue weighted by atomic mass is 19.1. The molecule has 0 N–H and O–H groups in total. The number of nitrogens with zero attached hydrogens (tertiary/aromatic N) is 1. The van der Waals surface area contributed by atoms with Crippen LogP contribution in [-0.2, 0) is 0 Å². The zero-order valence-electron chi connectivity index (χ0n) is 9.39. The Bertz CT molecular complexity index is 578. The van der Waals surface area contributed by atoms with Crippen LogP contribution < -0.4 is 10.3 Å². The third-order valence-corrected chi connectivity index (χ3v) is 2.29. The lowest BCUT2D eigenvalue weighted by atomic mass is 10.3. The highest BCUT2D eigenvalue weighted by molar-refractivity contribution is 5.34. The Kier molecular flexibility index (Phi) is 3.23. The molecule has 0 fully saturated rings. The molecule has 0 radical (unpaired) electrons. The first-order valence-corrected chi connectivity index (χ1v) is 5.32. The Balaban J connectivity index is 2.43. The van der Waals surface area contributed by atoms with Crippen LogP contribution in [0.3, 0.4) is 0 Å². The first kappa shape index (κ1) is 11.4. The van der Waals surface area contributed by atoms with Gasteiger partial charge in [-0.25, -0.2) is 4.39 Å². The number of rotatable bonds is 3. The molecule has 0 unspecified atom stereocenters. The summed E-state index contributed by atoms with van der Waals surface area (Å²) in [4.78, 5) is 11.8. The molecule has 3 nitrogen and oxygen atoms in total. The summed E-state index contributed by atoms with van der Waals surface area (Å²) in [5, 5.41) is 0. The van der Waals surface area contributed by atoms with E-state index in [0.29, 0.717) is 18.0 Å². The third kappa shape index (κ3) is 2.53. The monoisotopic (exact) mass is 233 g/mol. The van der Waals surface area contributed by atoms with E-state index < -0.39 is 0 Å². The van der Waals surface area contributed by atoms with E-state index in [1.807, 2.05) is 6.92 Å². The van der Waals surface area contributed by atoms with Crippen molar-refractivity contribution in [1.29, 1.82) is 0 Å². The first-order chi connectivity index (χ1) is 8.20. The van der Waals surface area contributed by atoms with E-state index >= 15 is 0 Å². The maximum absolute atomic E-state index is 13.0. The second-order valence-corrected chi connectivity index (χ2v) is 3.48. The van der Waals surface area contributed by atoms with Crippen molar-refractivity contribution < 1.29 is 9.13 Å². The molecule has 0 amide bonds. The second kappa shape index (κ2) is 4.82. The van der Waals surface area contributed by atoms with E-state index in [1.54, 1.807) is 24.4 Å². The van der Waals surface area contributed by atoms with Gasteiger partial charge in [-0.05, 0) is 31.2 Å². The van der Waals surface area contributed by atoms with E-state index in [4.69, 9.17) is 4.74 Å². The number of aromatic nitrogens is 1. The average molecular weight is 233 g/mol. The van der Waals surface area contributed by atoms with Gasteiger partial charge < -0.3 is 4.74 Å². The van der Waals surface area contributed by atoms with E-state index in [9.17, 15) is 9.18 Å². The van der Waals surface area contributed by atoms with Crippen LogP contribution in [0.5, 0.6) is 5.75 Å². The van der Waals surface area contributed by atoms with Crippen LogP contribution in [0.4, 0.5) is 4.39 Å². The van der Waals surface area contributed by atoms with Gasteiger partial charge in [0.25, 0.3) is 5.56 Å². The molecule has 2 rings (SSSR count). The predicted molar refractivity (Wildman–Crippen MR) is 63.2 cm³/mol. The molecular weight excluding hydrogens is 221 g/mol. The lowest BCUT2D eigenvalue weighted by Gasteiger charge is -2.07. The molecule has 88 valence electrons. The Hall–Kier alpha value is -2.10. The van der Waals surface area contributed by atoms with Crippen molar-refractivity contribution in [3.63, 3.8) is 0 Å². The van der Waals surface area contributed by atoms with Crippen molar-refractivity contribution in [2.75, 3.05) is 6.61 Å². The summed E-state index contributed by atoms with van der Waals surface area (Å²) in [5.41, 5.74) is 0.250. The van der Waals surface area contributed by atoms with Crippen LogP contribution in [0.25, 0.3) is 5.69 Å². The van der Waals surface area contributed by atoms with Gasteiger partial charge in [-0.3, -0.25) is 9.36 Å². The van der Waals surface area contributed by atoms with Gasteiger partial charge in [-0.15, -0.1) is 0 Å². The number of pyridine rings is 1. The molecule has 2 aromatic rings. The molecule has 0 saturated heterocycles. The molecule has 0 saturated carbocycles. The zero-order valence-corrected chi connectivity index (χ0v) is 9.39. The summed E-state index contributed by atoms with van der Waals surface area (Å²) >= 11 is 0. The van der Waals surface area contributed by atoms with Crippen LogP contribution in [0.15, 0.2) is 47.4 Å². The lowest BCUT2D eigenvalue weighted by Crippen LogP contribution is -2.16. The van der Waals surface area contributed by atoms with Crippen molar-refractivity contribution in [2.24, 2.45) is 0 Å². The summed E-state index contributed by atoms with van der Waals surface area (Å²) in [7, 11) is 0. The summed E-state index contributed by atoms with van der Waals surface area (Å²) in [6, 6.07) is 8.94. The van der Waals surface area contributed by atoms with Gasteiger partial charge in [-0.1, -0.05) is 6.07 Å². The van der Waals surface area contributed by atoms with E-state index in [0.717, 1.165) is 0 Å². The Morgan fingerprint density at radius 3 is 2.76 bits per heavy atom.